The van der Waals surface area contributed by atoms with Crippen molar-refractivity contribution in [3.05, 3.63) is 17.0 Å². The number of rotatable bonds is 2. The maximum absolute atomic E-state index is 12.5. The summed E-state index contributed by atoms with van der Waals surface area (Å²) in [6, 6.07) is 0.245. The maximum Gasteiger partial charge on any atom is 0.230 e. The molecule has 0 radical (unpaired) electrons. The van der Waals surface area contributed by atoms with Crippen LogP contribution in [0.2, 0.25) is 0 Å². The molecule has 0 unspecified atom stereocenters. The van der Waals surface area contributed by atoms with E-state index in [1.54, 1.807) is 0 Å². The highest BCUT2D eigenvalue weighted by Gasteiger charge is 2.30. The fourth-order valence-electron chi connectivity index (χ4n) is 2.65. The summed E-state index contributed by atoms with van der Waals surface area (Å²) in [7, 11) is 0. The molecule has 100 valence electrons. The van der Waals surface area contributed by atoms with Crippen molar-refractivity contribution >= 4 is 5.91 Å². The van der Waals surface area contributed by atoms with Gasteiger partial charge in [-0.2, -0.15) is 0 Å². The average molecular weight is 251 g/mol. The Bertz CT molecular complexity index is 422. The summed E-state index contributed by atoms with van der Waals surface area (Å²) in [5, 5.41) is 7.22. The van der Waals surface area contributed by atoms with Gasteiger partial charge in [-0.05, 0) is 27.7 Å². The van der Waals surface area contributed by atoms with Gasteiger partial charge < -0.3 is 14.7 Å². The molecule has 18 heavy (non-hydrogen) atoms. The molecular weight excluding hydrogens is 230 g/mol. The number of nitrogens with zero attached hydrogens (tertiary/aromatic N) is 2. The van der Waals surface area contributed by atoms with Gasteiger partial charge in [-0.15, -0.1) is 0 Å². The van der Waals surface area contributed by atoms with Crippen LogP contribution in [0.1, 0.15) is 36.8 Å². The van der Waals surface area contributed by atoms with E-state index in [0.717, 1.165) is 36.7 Å². The van der Waals surface area contributed by atoms with E-state index in [1.807, 2.05) is 25.7 Å². The van der Waals surface area contributed by atoms with Crippen molar-refractivity contribution in [1.82, 2.24) is 15.4 Å². The second-order valence-electron chi connectivity index (χ2n) is 5.04. The Hall–Kier alpha value is -1.36. The molecule has 5 nitrogen and oxygen atoms in total. The molecule has 0 saturated carbocycles. The molecular formula is C13H21N3O2. The Labute approximate surface area is 108 Å². The lowest BCUT2D eigenvalue weighted by atomic mass is 9.97. The standard InChI is InChI=1S/C13H21N3O2/c1-8-7-14-5-6-16(8)13(17)9(2)12-10(3)15-18-11(12)4/h8-9,14H,5-7H2,1-4H3/t8-,9+/m1/s1. The van der Waals surface area contributed by atoms with Crippen LogP contribution in [0.5, 0.6) is 0 Å². The fourth-order valence-corrected chi connectivity index (χ4v) is 2.65. The van der Waals surface area contributed by atoms with Crippen molar-refractivity contribution < 1.29 is 9.32 Å². The number of carbonyl (C=O) groups is 1. The summed E-state index contributed by atoms with van der Waals surface area (Å²) >= 11 is 0. The fraction of sp³-hybridized carbons (Fsp3) is 0.692. The third-order valence-electron chi connectivity index (χ3n) is 3.68. The predicted octanol–water partition coefficient (Wildman–Crippen LogP) is 1.22. The molecule has 1 fully saturated rings. The van der Waals surface area contributed by atoms with Gasteiger partial charge in [0.1, 0.15) is 5.76 Å². The van der Waals surface area contributed by atoms with Crippen molar-refractivity contribution in [2.24, 2.45) is 0 Å². The van der Waals surface area contributed by atoms with E-state index < -0.39 is 0 Å². The van der Waals surface area contributed by atoms with Crippen LogP contribution in [0.3, 0.4) is 0 Å². The molecule has 1 saturated heterocycles. The Balaban J connectivity index is 2.18. The molecule has 0 aliphatic carbocycles. The smallest absolute Gasteiger partial charge is 0.230 e. The van der Waals surface area contributed by atoms with E-state index in [1.165, 1.54) is 0 Å². The monoisotopic (exact) mass is 251 g/mol. The Morgan fingerprint density at radius 3 is 2.83 bits per heavy atom. The number of nitrogens with one attached hydrogen (secondary N) is 1. The minimum Gasteiger partial charge on any atom is -0.361 e. The molecule has 1 aliphatic rings. The van der Waals surface area contributed by atoms with Crippen LogP contribution in [0.4, 0.5) is 0 Å². The van der Waals surface area contributed by atoms with E-state index >= 15 is 0 Å². The third-order valence-corrected chi connectivity index (χ3v) is 3.68. The largest absolute Gasteiger partial charge is 0.361 e. The zero-order chi connectivity index (χ0) is 13.3. The van der Waals surface area contributed by atoms with Gasteiger partial charge in [0.05, 0.1) is 11.6 Å². The molecule has 1 aromatic heterocycles. The molecule has 5 heteroatoms. The number of aromatic nitrogens is 1. The Morgan fingerprint density at radius 1 is 1.56 bits per heavy atom. The van der Waals surface area contributed by atoms with Crippen molar-refractivity contribution in [2.45, 2.75) is 39.7 Å². The molecule has 2 atom stereocenters. The van der Waals surface area contributed by atoms with Crippen LogP contribution < -0.4 is 5.32 Å². The lowest BCUT2D eigenvalue weighted by Crippen LogP contribution is -2.53. The summed E-state index contributed by atoms with van der Waals surface area (Å²) in [4.78, 5) is 14.5. The quantitative estimate of drug-likeness (QED) is 0.858. The maximum atomic E-state index is 12.5. The van der Waals surface area contributed by atoms with Gasteiger partial charge >= 0.3 is 0 Å². The number of aryl methyl sites for hydroxylation is 2. The summed E-state index contributed by atoms with van der Waals surface area (Å²) < 4.78 is 5.15. The molecule has 2 rings (SSSR count). The van der Waals surface area contributed by atoms with Crippen molar-refractivity contribution in [1.29, 1.82) is 0 Å². The number of piperazine rings is 1. The molecule has 1 aliphatic heterocycles. The van der Waals surface area contributed by atoms with Crippen LogP contribution in [0.25, 0.3) is 0 Å². The number of hydrogen-bond acceptors (Lipinski definition) is 4. The summed E-state index contributed by atoms with van der Waals surface area (Å²) in [5.41, 5.74) is 1.75. The zero-order valence-corrected chi connectivity index (χ0v) is 11.5. The van der Waals surface area contributed by atoms with E-state index in [4.69, 9.17) is 4.52 Å². The summed E-state index contributed by atoms with van der Waals surface area (Å²) in [5.74, 6) is 0.728. The SMILES string of the molecule is Cc1noc(C)c1[C@H](C)C(=O)N1CCNC[C@H]1C. The van der Waals surface area contributed by atoms with E-state index in [-0.39, 0.29) is 17.9 Å². The molecule has 1 N–H and O–H groups in total. The van der Waals surface area contributed by atoms with Gasteiger partial charge in [0, 0.05) is 31.2 Å². The van der Waals surface area contributed by atoms with Gasteiger partial charge in [0.25, 0.3) is 0 Å². The van der Waals surface area contributed by atoms with Gasteiger partial charge in [-0.1, -0.05) is 5.16 Å². The van der Waals surface area contributed by atoms with E-state index in [9.17, 15) is 4.79 Å². The van der Waals surface area contributed by atoms with Crippen LogP contribution in [-0.2, 0) is 4.79 Å². The lowest BCUT2D eigenvalue weighted by Gasteiger charge is -2.35. The van der Waals surface area contributed by atoms with Crippen LogP contribution in [0, 0.1) is 13.8 Å². The second kappa shape index (κ2) is 5.10. The predicted molar refractivity (Wildman–Crippen MR) is 68.4 cm³/mol. The van der Waals surface area contributed by atoms with Crippen LogP contribution >= 0.6 is 0 Å². The highest BCUT2D eigenvalue weighted by atomic mass is 16.5. The summed E-state index contributed by atoms with van der Waals surface area (Å²) in [6.45, 7) is 10.3. The normalized spacial score (nSPS) is 22.0. The van der Waals surface area contributed by atoms with Crippen molar-refractivity contribution in [3.8, 4) is 0 Å². The Kier molecular flexibility index (Phi) is 3.71. The molecule has 0 bridgehead atoms. The topological polar surface area (TPSA) is 58.4 Å². The molecule has 0 spiro atoms. The highest BCUT2D eigenvalue weighted by molar-refractivity contribution is 5.84. The first-order chi connectivity index (χ1) is 8.52. The number of carbonyl (C=O) groups excluding carboxylic acids is 1. The Morgan fingerprint density at radius 2 is 2.28 bits per heavy atom. The van der Waals surface area contributed by atoms with Crippen molar-refractivity contribution in [3.63, 3.8) is 0 Å². The highest BCUT2D eigenvalue weighted by Crippen LogP contribution is 2.25. The number of amides is 1. The molecule has 0 aromatic carbocycles. The van der Waals surface area contributed by atoms with Gasteiger partial charge in [-0.3, -0.25) is 4.79 Å². The average Bonchev–Trinajstić information content (AvgIpc) is 2.68. The van der Waals surface area contributed by atoms with Gasteiger partial charge in [-0.25, -0.2) is 0 Å². The first-order valence-electron chi connectivity index (χ1n) is 6.46. The van der Waals surface area contributed by atoms with Gasteiger partial charge in [0.15, 0.2) is 0 Å². The zero-order valence-electron chi connectivity index (χ0n) is 11.5. The second-order valence-corrected chi connectivity index (χ2v) is 5.04. The molecule has 1 amide bonds. The lowest BCUT2D eigenvalue weighted by molar-refractivity contribution is -0.135. The van der Waals surface area contributed by atoms with E-state index in [2.05, 4.69) is 17.4 Å². The first kappa shape index (κ1) is 13.1. The number of hydrogen-bond donors (Lipinski definition) is 1. The third kappa shape index (κ3) is 2.27. The van der Waals surface area contributed by atoms with Crippen LogP contribution in [-0.4, -0.2) is 41.6 Å². The molecule has 2 heterocycles. The van der Waals surface area contributed by atoms with Gasteiger partial charge in [0.2, 0.25) is 5.91 Å². The minimum atomic E-state index is -0.184. The van der Waals surface area contributed by atoms with Crippen molar-refractivity contribution in [2.75, 3.05) is 19.6 Å². The minimum absolute atomic E-state index is 0.165. The molecule has 1 aromatic rings. The van der Waals surface area contributed by atoms with E-state index in [0.29, 0.717) is 0 Å². The first-order valence-corrected chi connectivity index (χ1v) is 6.46. The summed E-state index contributed by atoms with van der Waals surface area (Å²) in [6.07, 6.45) is 0. The van der Waals surface area contributed by atoms with Crippen LogP contribution in [0.15, 0.2) is 4.52 Å².